The number of carbonyl (C=O) groups excluding carboxylic acids is 1. The summed E-state index contributed by atoms with van der Waals surface area (Å²) >= 11 is 0. The number of carboxylic acids is 1. The summed E-state index contributed by atoms with van der Waals surface area (Å²) in [6.45, 7) is 1.70. The lowest BCUT2D eigenvalue weighted by Crippen LogP contribution is -2.09. The number of rotatable bonds is 5. The molecule has 0 saturated carbocycles. The molecular weight excluding hydrogens is 248 g/mol. The van der Waals surface area contributed by atoms with Crippen LogP contribution in [0, 0.1) is 11.8 Å². The molecule has 0 radical (unpaired) electrons. The molecule has 5 nitrogen and oxygen atoms in total. The summed E-state index contributed by atoms with van der Waals surface area (Å²) in [6.07, 6.45) is 0.0467. The van der Waals surface area contributed by atoms with Gasteiger partial charge in [0.1, 0.15) is 12.2 Å². The van der Waals surface area contributed by atoms with Crippen molar-refractivity contribution < 1.29 is 24.2 Å². The van der Waals surface area contributed by atoms with E-state index in [1.165, 1.54) is 0 Å². The lowest BCUT2D eigenvalue weighted by atomic mass is 10.2. The average Bonchev–Trinajstić information content (AvgIpc) is 2.38. The van der Waals surface area contributed by atoms with Crippen LogP contribution in [-0.2, 0) is 14.3 Å². The molecule has 0 amide bonds. The monoisotopic (exact) mass is 262 g/mol. The van der Waals surface area contributed by atoms with Gasteiger partial charge >= 0.3 is 11.9 Å². The van der Waals surface area contributed by atoms with Crippen LogP contribution in [0.4, 0.5) is 0 Å². The number of esters is 1. The van der Waals surface area contributed by atoms with Crippen LogP contribution in [0.1, 0.15) is 18.9 Å². The highest BCUT2D eigenvalue weighted by atomic mass is 16.5. The predicted octanol–water partition coefficient (Wildman–Crippen LogP) is 1.45. The molecule has 1 aromatic carbocycles. The van der Waals surface area contributed by atoms with Crippen molar-refractivity contribution in [2.45, 2.75) is 13.3 Å². The van der Waals surface area contributed by atoms with Crippen molar-refractivity contribution in [1.82, 2.24) is 0 Å². The number of hydrogen-bond acceptors (Lipinski definition) is 4. The fraction of sp³-hybridized carbons (Fsp3) is 0.286. The van der Waals surface area contributed by atoms with Gasteiger partial charge in [-0.2, -0.15) is 0 Å². The zero-order valence-electron chi connectivity index (χ0n) is 10.5. The third kappa shape index (κ3) is 6.13. The van der Waals surface area contributed by atoms with E-state index in [1.807, 2.05) is 0 Å². The smallest absolute Gasteiger partial charge is 0.341 e. The van der Waals surface area contributed by atoms with Gasteiger partial charge in [-0.15, -0.1) is 0 Å². The summed E-state index contributed by atoms with van der Waals surface area (Å²) in [6, 6.07) is 6.62. The summed E-state index contributed by atoms with van der Waals surface area (Å²) in [5.74, 6) is 4.58. The number of benzene rings is 1. The zero-order valence-corrected chi connectivity index (χ0v) is 10.5. The molecule has 0 aliphatic carbocycles. The van der Waals surface area contributed by atoms with Gasteiger partial charge in [0, 0.05) is 5.56 Å². The Morgan fingerprint density at radius 1 is 1.26 bits per heavy atom. The van der Waals surface area contributed by atoms with Gasteiger partial charge in [-0.1, -0.05) is 11.8 Å². The van der Waals surface area contributed by atoms with Crippen molar-refractivity contribution in [3.05, 3.63) is 29.8 Å². The number of carbonyl (C=O) groups is 2. The van der Waals surface area contributed by atoms with Gasteiger partial charge in [0.2, 0.25) is 0 Å². The van der Waals surface area contributed by atoms with Crippen LogP contribution in [0.2, 0.25) is 0 Å². The van der Waals surface area contributed by atoms with Crippen LogP contribution in [0.25, 0.3) is 0 Å². The van der Waals surface area contributed by atoms with E-state index in [9.17, 15) is 9.59 Å². The zero-order chi connectivity index (χ0) is 14.1. The molecular formula is C14H14O5. The maximum absolute atomic E-state index is 11.0. The van der Waals surface area contributed by atoms with E-state index < -0.39 is 5.97 Å². The average molecular weight is 262 g/mol. The van der Waals surface area contributed by atoms with E-state index in [1.54, 1.807) is 31.2 Å². The van der Waals surface area contributed by atoms with Gasteiger partial charge in [0.15, 0.2) is 6.61 Å². The van der Waals surface area contributed by atoms with Crippen molar-refractivity contribution in [2.75, 3.05) is 13.2 Å². The summed E-state index contributed by atoms with van der Waals surface area (Å²) in [5.41, 5.74) is 0.715. The molecule has 0 bridgehead atoms. The van der Waals surface area contributed by atoms with Gasteiger partial charge in [-0.3, -0.25) is 4.79 Å². The maximum atomic E-state index is 11.0. The number of ether oxygens (including phenoxy) is 2. The lowest BCUT2D eigenvalue weighted by Gasteiger charge is -2.02. The van der Waals surface area contributed by atoms with E-state index in [-0.39, 0.29) is 19.0 Å². The van der Waals surface area contributed by atoms with Gasteiger partial charge in [0.25, 0.3) is 0 Å². The van der Waals surface area contributed by atoms with Gasteiger partial charge in [-0.05, 0) is 31.2 Å². The van der Waals surface area contributed by atoms with Gasteiger partial charge in [-0.25, -0.2) is 4.79 Å². The summed E-state index contributed by atoms with van der Waals surface area (Å²) in [7, 11) is 0. The Bertz CT molecular complexity index is 493. The maximum Gasteiger partial charge on any atom is 0.341 e. The van der Waals surface area contributed by atoms with Crippen LogP contribution in [0.15, 0.2) is 24.3 Å². The van der Waals surface area contributed by atoms with Crippen LogP contribution in [-0.4, -0.2) is 30.3 Å². The molecule has 0 aromatic heterocycles. The second kappa shape index (κ2) is 7.77. The van der Waals surface area contributed by atoms with E-state index in [0.717, 1.165) is 0 Å². The number of carboxylic acid groups (broad SMARTS) is 1. The van der Waals surface area contributed by atoms with Crippen molar-refractivity contribution >= 4 is 11.9 Å². The second-order valence-corrected chi connectivity index (χ2v) is 3.49. The summed E-state index contributed by atoms with van der Waals surface area (Å²) < 4.78 is 9.71. The second-order valence-electron chi connectivity index (χ2n) is 3.49. The Morgan fingerprint density at radius 2 is 1.95 bits per heavy atom. The standard InChI is InChI=1S/C14H14O5/c1-2-18-14(17)5-3-4-11-6-8-12(9-7-11)19-10-13(15)16/h6-9H,2,5,10H2,1H3,(H,15,16). The fourth-order valence-corrected chi connectivity index (χ4v) is 1.21. The minimum atomic E-state index is -1.03. The molecule has 5 heteroatoms. The lowest BCUT2D eigenvalue weighted by molar-refractivity contribution is -0.142. The molecule has 1 rings (SSSR count). The van der Waals surface area contributed by atoms with E-state index >= 15 is 0 Å². The topological polar surface area (TPSA) is 72.8 Å². The van der Waals surface area contributed by atoms with Crippen molar-refractivity contribution in [1.29, 1.82) is 0 Å². The van der Waals surface area contributed by atoms with Gasteiger partial charge in [0.05, 0.1) is 6.61 Å². The molecule has 0 spiro atoms. The third-order valence-electron chi connectivity index (χ3n) is 1.99. The normalized spacial score (nSPS) is 9.11. The molecule has 1 aromatic rings. The van der Waals surface area contributed by atoms with Crippen molar-refractivity contribution in [2.24, 2.45) is 0 Å². The molecule has 0 aliphatic rings. The molecule has 0 unspecified atom stereocenters. The Morgan fingerprint density at radius 3 is 2.53 bits per heavy atom. The SMILES string of the molecule is CCOC(=O)CC#Cc1ccc(OCC(=O)O)cc1. The molecule has 19 heavy (non-hydrogen) atoms. The van der Waals surface area contributed by atoms with Crippen molar-refractivity contribution in [3.8, 4) is 17.6 Å². The number of hydrogen-bond donors (Lipinski definition) is 1. The first-order chi connectivity index (χ1) is 9.11. The van der Waals surface area contributed by atoms with E-state index in [2.05, 4.69) is 11.8 Å². The first kappa shape index (κ1) is 14.6. The van der Waals surface area contributed by atoms with E-state index in [4.69, 9.17) is 14.6 Å². The van der Waals surface area contributed by atoms with E-state index in [0.29, 0.717) is 17.9 Å². The minimum absolute atomic E-state index is 0.0467. The van der Waals surface area contributed by atoms with Crippen LogP contribution in [0.5, 0.6) is 5.75 Å². The minimum Gasteiger partial charge on any atom is -0.482 e. The largest absolute Gasteiger partial charge is 0.482 e. The fourth-order valence-electron chi connectivity index (χ4n) is 1.21. The quantitative estimate of drug-likeness (QED) is 0.642. The van der Waals surface area contributed by atoms with Crippen LogP contribution in [0.3, 0.4) is 0 Å². The Kier molecular flexibility index (Phi) is 5.96. The predicted molar refractivity (Wildman–Crippen MR) is 67.7 cm³/mol. The summed E-state index contributed by atoms with van der Waals surface area (Å²) in [5, 5.41) is 8.45. The first-order valence-corrected chi connectivity index (χ1v) is 5.71. The van der Waals surface area contributed by atoms with Crippen LogP contribution < -0.4 is 4.74 Å². The highest BCUT2D eigenvalue weighted by Gasteiger charge is 1.99. The molecule has 0 atom stereocenters. The molecule has 0 aliphatic heterocycles. The molecule has 0 fully saturated rings. The first-order valence-electron chi connectivity index (χ1n) is 5.71. The Labute approximate surface area is 111 Å². The van der Waals surface area contributed by atoms with Gasteiger partial charge < -0.3 is 14.6 Å². The van der Waals surface area contributed by atoms with Crippen LogP contribution >= 0.6 is 0 Å². The van der Waals surface area contributed by atoms with Crippen molar-refractivity contribution in [3.63, 3.8) is 0 Å². The highest BCUT2D eigenvalue weighted by Crippen LogP contribution is 2.11. The Balaban J connectivity index is 2.50. The molecule has 0 heterocycles. The summed E-state index contributed by atoms with van der Waals surface area (Å²) in [4.78, 5) is 21.3. The number of aliphatic carboxylic acids is 1. The highest BCUT2D eigenvalue weighted by molar-refractivity contribution is 5.72. The molecule has 1 N–H and O–H groups in total. The molecule has 100 valence electrons. The Hall–Kier alpha value is -2.48. The molecule has 0 saturated heterocycles. The third-order valence-corrected chi connectivity index (χ3v) is 1.99.